The first kappa shape index (κ1) is 20.4. The molecule has 1 atom stereocenters. The Morgan fingerprint density at radius 3 is 2.14 bits per heavy atom. The molecule has 4 heteroatoms. The molecule has 1 aromatic rings. The Labute approximate surface area is 167 Å². The van der Waals surface area contributed by atoms with Gasteiger partial charge < -0.3 is 9.47 Å². The molecule has 0 N–H and O–H groups in total. The maximum atomic E-state index is 12.9. The molecule has 0 bridgehead atoms. The number of carbonyl (C=O) groups excluding carboxylic acids is 2. The molecule has 0 spiro atoms. The van der Waals surface area contributed by atoms with Crippen LogP contribution in [0, 0.1) is 5.41 Å². The van der Waals surface area contributed by atoms with Crippen molar-refractivity contribution in [1.29, 1.82) is 0 Å². The summed E-state index contributed by atoms with van der Waals surface area (Å²) in [4.78, 5) is 25.9. The quantitative estimate of drug-likeness (QED) is 0.565. The van der Waals surface area contributed by atoms with Crippen molar-refractivity contribution in [1.82, 2.24) is 0 Å². The minimum Gasteiger partial charge on any atom is -0.468 e. The Kier molecular flexibility index (Phi) is 5.03. The van der Waals surface area contributed by atoms with Crippen molar-refractivity contribution < 1.29 is 19.1 Å². The molecule has 0 saturated heterocycles. The first-order valence-corrected chi connectivity index (χ1v) is 9.86. The maximum absolute atomic E-state index is 12.9. The smallest absolute Gasteiger partial charge is 0.323 e. The van der Waals surface area contributed by atoms with Crippen LogP contribution in [-0.4, -0.2) is 26.2 Å². The summed E-state index contributed by atoms with van der Waals surface area (Å²) in [7, 11) is 2.67. The molecule has 0 amide bonds. The van der Waals surface area contributed by atoms with Gasteiger partial charge in [0.15, 0.2) is 5.41 Å². The van der Waals surface area contributed by atoms with Crippen LogP contribution in [0.25, 0.3) is 0 Å². The van der Waals surface area contributed by atoms with Gasteiger partial charge in [0.1, 0.15) is 0 Å². The number of benzene rings is 1. The Balaban J connectivity index is 2.32. The maximum Gasteiger partial charge on any atom is 0.323 e. The van der Waals surface area contributed by atoms with Crippen molar-refractivity contribution in [2.75, 3.05) is 14.2 Å². The molecule has 2 aliphatic rings. The van der Waals surface area contributed by atoms with Crippen LogP contribution in [0.2, 0.25) is 0 Å². The lowest BCUT2D eigenvalue weighted by atomic mass is 9.51. The van der Waals surface area contributed by atoms with Crippen molar-refractivity contribution in [3.8, 4) is 0 Å². The van der Waals surface area contributed by atoms with E-state index in [-0.39, 0.29) is 5.41 Å². The van der Waals surface area contributed by atoms with Crippen LogP contribution in [0.1, 0.15) is 58.1 Å². The second-order valence-corrected chi connectivity index (χ2v) is 8.71. The third-order valence-electron chi connectivity index (χ3n) is 6.41. The summed E-state index contributed by atoms with van der Waals surface area (Å²) in [6.45, 7) is 8.63. The first-order chi connectivity index (χ1) is 13.2. The minimum atomic E-state index is -1.34. The van der Waals surface area contributed by atoms with Crippen LogP contribution >= 0.6 is 0 Å². The molecule has 1 unspecified atom stereocenters. The van der Waals surface area contributed by atoms with E-state index in [1.807, 2.05) is 12.1 Å². The zero-order valence-corrected chi connectivity index (χ0v) is 17.7. The van der Waals surface area contributed by atoms with Crippen LogP contribution in [0.3, 0.4) is 0 Å². The van der Waals surface area contributed by atoms with Crippen molar-refractivity contribution in [2.24, 2.45) is 5.41 Å². The van der Waals surface area contributed by atoms with E-state index in [9.17, 15) is 9.59 Å². The number of ether oxygens (including phenoxy) is 2. The summed E-state index contributed by atoms with van der Waals surface area (Å²) in [5.74, 6) is -1.05. The summed E-state index contributed by atoms with van der Waals surface area (Å²) in [5, 5.41) is 0. The predicted molar refractivity (Wildman–Crippen MR) is 109 cm³/mol. The van der Waals surface area contributed by atoms with Crippen molar-refractivity contribution in [2.45, 2.75) is 57.8 Å². The van der Waals surface area contributed by atoms with E-state index in [2.05, 4.69) is 52.0 Å². The van der Waals surface area contributed by atoms with Gasteiger partial charge in [0.05, 0.1) is 14.2 Å². The Bertz CT molecular complexity index is 858. The summed E-state index contributed by atoms with van der Waals surface area (Å²) in [6.07, 6.45) is 5.91. The number of fused-ring (bicyclic) bond motifs is 3. The lowest BCUT2D eigenvalue weighted by molar-refractivity contribution is -0.171. The lowest BCUT2D eigenvalue weighted by Crippen LogP contribution is -2.52. The highest BCUT2D eigenvalue weighted by molar-refractivity contribution is 6.01. The average Bonchev–Trinajstić information content (AvgIpc) is 2.68. The van der Waals surface area contributed by atoms with Gasteiger partial charge in [0.25, 0.3) is 0 Å². The van der Waals surface area contributed by atoms with Crippen molar-refractivity contribution >= 4 is 11.9 Å². The molecule has 1 saturated carbocycles. The molecule has 150 valence electrons. The molecular formula is C24H30O4. The Hall–Kier alpha value is -2.36. The molecular weight excluding hydrogens is 352 g/mol. The Morgan fingerprint density at radius 2 is 1.61 bits per heavy atom. The van der Waals surface area contributed by atoms with E-state index >= 15 is 0 Å². The number of methoxy groups -OCH3 is 2. The molecule has 3 rings (SSSR count). The van der Waals surface area contributed by atoms with E-state index in [0.29, 0.717) is 12.8 Å². The van der Waals surface area contributed by atoms with Crippen LogP contribution in [-0.2, 0) is 29.9 Å². The third kappa shape index (κ3) is 2.81. The monoisotopic (exact) mass is 382 g/mol. The molecule has 1 aromatic carbocycles. The van der Waals surface area contributed by atoms with Crippen LogP contribution in [0.4, 0.5) is 0 Å². The van der Waals surface area contributed by atoms with E-state index in [1.165, 1.54) is 25.4 Å². The van der Waals surface area contributed by atoms with Crippen LogP contribution in [0.15, 0.2) is 47.6 Å². The fraction of sp³-hybridized carbons (Fsp3) is 0.500. The molecule has 0 radical (unpaired) electrons. The standard InChI is InChI=1S/C24H30O4/c1-7-10-16-13-24(20(25)27-5,21(26)28-6)15-23(4)18-12-9-8-11-17(18)22(2,3)14-19(16)23/h8-12,14H,7,13,15H2,1-6H3/b16-10+. The fourth-order valence-electron chi connectivity index (χ4n) is 5.18. The van der Waals surface area contributed by atoms with Crippen LogP contribution in [0.5, 0.6) is 0 Å². The van der Waals surface area contributed by atoms with Gasteiger partial charge in [-0.1, -0.05) is 64.1 Å². The SMILES string of the molecule is CC/C=C1\CC(C(=O)OC)(C(=O)OC)CC2(C)C1=CC(C)(C)c1ccccc12. The largest absolute Gasteiger partial charge is 0.468 e. The van der Waals surface area contributed by atoms with Gasteiger partial charge in [-0.05, 0) is 41.5 Å². The molecule has 4 nitrogen and oxygen atoms in total. The normalized spacial score (nSPS) is 25.9. The van der Waals surface area contributed by atoms with Crippen LogP contribution < -0.4 is 0 Å². The van der Waals surface area contributed by atoms with Gasteiger partial charge in [-0.3, -0.25) is 9.59 Å². The van der Waals surface area contributed by atoms with Gasteiger partial charge in [-0.15, -0.1) is 0 Å². The van der Waals surface area contributed by atoms with Gasteiger partial charge in [-0.25, -0.2) is 0 Å². The first-order valence-electron chi connectivity index (χ1n) is 9.86. The second kappa shape index (κ2) is 6.91. The van der Waals surface area contributed by atoms with Crippen molar-refractivity contribution in [3.63, 3.8) is 0 Å². The second-order valence-electron chi connectivity index (χ2n) is 8.71. The number of hydrogen-bond donors (Lipinski definition) is 0. The van der Waals surface area contributed by atoms with E-state index in [4.69, 9.17) is 9.47 Å². The number of esters is 2. The summed E-state index contributed by atoms with van der Waals surface area (Å²) >= 11 is 0. The fourth-order valence-corrected chi connectivity index (χ4v) is 5.18. The lowest BCUT2D eigenvalue weighted by Gasteiger charge is -2.51. The number of rotatable bonds is 3. The van der Waals surface area contributed by atoms with Gasteiger partial charge >= 0.3 is 11.9 Å². The van der Waals surface area contributed by atoms with E-state index < -0.39 is 22.8 Å². The number of allylic oxidation sites excluding steroid dienone is 4. The molecule has 28 heavy (non-hydrogen) atoms. The molecule has 0 aromatic heterocycles. The average molecular weight is 383 g/mol. The number of hydrogen-bond acceptors (Lipinski definition) is 4. The van der Waals surface area contributed by atoms with Crippen molar-refractivity contribution in [3.05, 3.63) is 58.7 Å². The minimum absolute atomic E-state index is 0.130. The highest BCUT2D eigenvalue weighted by atomic mass is 16.5. The Morgan fingerprint density at radius 1 is 1.04 bits per heavy atom. The molecule has 2 aliphatic carbocycles. The zero-order chi connectivity index (χ0) is 20.7. The highest BCUT2D eigenvalue weighted by Crippen LogP contribution is 2.58. The summed E-state index contributed by atoms with van der Waals surface area (Å²) < 4.78 is 10.2. The molecule has 1 fully saturated rings. The zero-order valence-electron chi connectivity index (χ0n) is 17.7. The highest BCUT2D eigenvalue weighted by Gasteiger charge is 2.59. The van der Waals surface area contributed by atoms with Gasteiger partial charge in [0.2, 0.25) is 0 Å². The van der Waals surface area contributed by atoms with E-state index in [1.54, 1.807) is 0 Å². The van der Waals surface area contributed by atoms with E-state index in [0.717, 1.165) is 17.6 Å². The molecule has 0 aliphatic heterocycles. The molecule has 0 heterocycles. The third-order valence-corrected chi connectivity index (χ3v) is 6.41. The predicted octanol–water partition coefficient (Wildman–Crippen LogP) is 4.62. The summed E-state index contributed by atoms with van der Waals surface area (Å²) in [6, 6.07) is 8.34. The van der Waals surface area contributed by atoms with Gasteiger partial charge in [-0.2, -0.15) is 0 Å². The van der Waals surface area contributed by atoms with Gasteiger partial charge in [0, 0.05) is 10.8 Å². The number of carbonyl (C=O) groups is 2. The topological polar surface area (TPSA) is 52.6 Å². The summed E-state index contributed by atoms with van der Waals surface area (Å²) in [5.41, 5.74) is 2.68.